The summed E-state index contributed by atoms with van der Waals surface area (Å²) in [5, 5.41) is 3.75. The molecule has 2 aromatic heterocycles. The highest BCUT2D eigenvalue weighted by molar-refractivity contribution is 5.94. The van der Waals surface area contributed by atoms with E-state index in [9.17, 15) is 9.59 Å². The van der Waals surface area contributed by atoms with Gasteiger partial charge in [0.25, 0.3) is 5.91 Å². The molecule has 4 heterocycles. The molecule has 2 aliphatic rings. The Morgan fingerprint density at radius 2 is 1.93 bits per heavy atom. The molecule has 0 unspecified atom stereocenters. The van der Waals surface area contributed by atoms with Gasteiger partial charge in [0, 0.05) is 58.1 Å². The Morgan fingerprint density at radius 1 is 1.15 bits per heavy atom. The average molecular weight is 369 g/mol. The second-order valence-electron chi connectivity index (χ2n) is 7.15. The van der Waals surface area contributed by atoms with Gasteiger partial charge in [-0.15, -0.1) is 0 Å². The lowest BCUT2D eigenvalue weighted by Crippen LogP contribution is -2.59. The number of piperazine rings is 1. The van der Waals surface area contributed by atoms with E-state index in [2.05, 4.69) is 15.0 Å². The van der Waals surface area contributed by atoms with Crippen LogP contribution >= 0.6 is 0 Å². The number of amides is 2. The highest BCUT2D eigenvalue weighted by atomic mass is 16.5. The molecular weight excluding hydrogens is 346 g/mol. The fourth-order valence-corrected chi connectivity index (χ4v) is 3.54. The van der Waals surface area contributed by atoms with Gasteiger partial charge in [0.15, 0.2) is 5.69 Å². The molecule has 2 aliphatic heterocycles. The first kappa shape index (κ1) is 17.7. The van der Waals surface area contributed by atoms with E-state index in [1.165, 1.54) is 0 Å². The maximum atomic E-state index is 12.7. The maximum absolute atomic E-state index is 12.7. The largest absolute Gasteiger partial charge is 0.361 e. The molecule has 2 amide bonds. The fourth-order valence-electron chi connectivity index (χ4n) is 3.54. The lowest BCUT2D eigenvalue weighted by Gasteiger charge is -2.42. The van der Waals surface area contributed by atoms with E-state index in [4.69, 9.17) is 4.52 Å². The molecule has 0 bridgehead atoms. The van der Waals surface area contributed by atoms with Gasteiger partial charge >= 0.3 is 0 Å². The summed E-state index contributed by atoms with van der Waals surface area (Å²) in [6.07, 6.45) is 1.80. The molecule has 2 saturated heterocycles. The number of rotatable bonds is 4. The molecular formula is C19H23N5O3. The molecule has 4 rings (SSSR count). The molecule has 142 valence electrons. The Bertz CT molecular complexity index is 808. The number of carbonyl (C=O) groups excluding carboxylic acids is 2. The predicted molar refractivity (Wildman–Crippen MR) is 96.7 cm³/mol. The SMILES string of the molecule is Cc1cc(C(=O)N2CC(C(=O)N3CCN(Cc4ccccn4)CC3)C2)no1. The third-order valence-corrected chi connectivity index (χ3v) is 5.16. The highest BCUT2D eigenvalue weighted by Gasteiger charge is 2.39. The van der Waals surface area contributed by atoms with Gasteiger partial charge < -0.3 is 14.3 Å². The van der Waals surface area contributed by atoms with Crippen LogP contribution in [0.5, 0.6) is 0 Å². The third-order valence-electron chi connectivity index (χ3n) is 5.16. The van der Waals surface area contributed by atoms with E-state index >= 15 is 0 Å². The predicted octanol–water partition coefficient (Wildman–Crippen LogP) is 0.794. The van der Waals surface area contributed by atoms with E-state index in [0.717, 1.165) is 38.4 Å². The normalized spacial score (nSPS) is 18.4. The summed E-state index contributed by atoms with van der Waals surface area (Å²) in [6.45, 7) is 6.60. The van der Waals surface area contributed by atoms with Crippen molar-refractivity contribution in [2.75, 3.05) is 39.3 Å². The number of aromatic nitrogens is 2. The molecule has 27 heavy (non-hydrogen) atoms. The van der Waals surface area contributed by atoms with Crippen molar-refractivity contribution in [2.24, 2.45) is 5.92 Å². The number of likely N-dealkylation sites (tertiary alicyclic amines) is 1. The number of hydrogen-bond acceptors (Lipinski definition) is 6. The summed E-state index contributed by atoms with van der Waals surface area (Å²) in [6, 6.07) is 7.55. The van der Waals surface area contributed by atoms with E-state index in [1.807, 2.05) is 23.1 Å². The summed E-state index contributed by atoms with van der Waals surface area (Å²) in [5.41, 5.74) is 1.36. The first-order chi connectivity index (χ1) is 13.1. The molecule has 2 aromatic rings. The van der Waals surface area contributed by atoms with Crippen LogP contribution in [0.2, 0.25) is 0 Å². The smallest absolute Gasteiger partial charge is 0.276 e. The van der Waals surface area contributed by atoms with Crippen molar-refractivity contribution in [3.63, 3.8) is 0 Å². The standard InChI is InChI=1S/C19H23N5O3/c1-14-10-17(21-27-14)19(26)24-11-15(12-24)18(25)23-8-6-22(7-9-23)13-16-4-2-3-5-20-16/h2-5,10,15H,6-9,11-13H2,1H3. The number of nitrogens with zero attached hydrogens (tertiary/aromatic N) is 5. The molecule has 2 fully saturated rings. The Hall–Kier alpha value is -2.74. The van der Waals surface area contributed by atoms with E-state index < -0.39 is 0 Å². The summed E-state index contributed by atoms with van der Waals surface area (Å²) in [5.74, 6) is 0.475. The summed E-state index contributed by atoms with van der Waals surface area (Å²) >= 11 is 0. The van der Waals surface area contributed by atoms with Crippen molar-refractivity contribution in [1.29, 1.82) is 0 Å². The molecule has 0 atom stereocenters. The van der Waals surface area contributed by atoms with Crippen molar-refractivity contribution in [3.05, 3.63) is 47.6 Å². The summed E-state index contributed by atoms with van der Waals surface area (Å²) in [4.78, 5) is 35.2. The monoisotopic (exact) mass is 369 g/mol. The van der Waals surface area contributed by atoms with Crippen molar-refractivity contribution in [3.8, 4) is 0 Å². The fraction of sp³-hybridized carbons (Fsp3) is 0.474. The summed E-state index contributed by atoms with van der Waals surface area (Å²) in [7, 11) is 0. The molecule has 0 aliphatic carbocycles. The van der Waals surface area contributed by atoms with Crippen molar-refractivity contribution in [1.82, 2.24) is 24.8 Å². The molecule has 8 heteroatoms. The highest BCUT2D eigenvalue weighted by Crippen LogP contribution is 2.21. The van der Waals surface area contributed by atoms with Gasteiger partial charge in [-0.25, -0.2) is 0 Å². The first-order valence-electron chi connectivity index (χ1n) is 9.24. The number of aryl methyl sites for hydroxylation is 1. The van der Waals surface area contributed by atoms with Gasteiger partial charge in [-0.2, -0.15) is 0 Å². The minimum absolute atomic E-state index is 0.107. The Morgan fingerprint density at radius 3 is 2.56 bits per heavy atom. The Kier molecular flexibility index (Phi) is 4.89. The minimum Gasteiger partial charge on any atom is -0.361 e. The maximum Gasteiger partial charge on any atom is 0.276 e. The van der Waals surface area contributed by atoms with Gasteiger partial charge in [-0.3, -0.25) is 19.5 Å². The Labute approximate surface area is 157 Å². The van der Waals surface area contributed by atoms with E-state index in [0.29, 0.717) is 24.5 Å². The van der Waals surface area contributed by atoms with Gasteiger partial charge in [-0.1, -0.05) is 11.2 Å². The van der Waals surface area contributed by atoms with Crippen LogP contribution in [0.15, 0.2) is 35.0 Å². The van der Waals surface area contributed by atoms with Crippen molar-refractivity contribution < 1.29 is 14.1 Å². The van der Waals surface area contributed by atoms with Crippen LogP contribution in [0.3, 0.4) is 0 Å². The zero-order valence-corrected chi connectivity index (χ0v) is 15.4. The minimum atomic E-state index is -0.170. The van der Waals surface area contributed by atoms with Crippen LogP contribution in [-0.2, 0) is 11.3 Å². The van der Waals surface area contributed by atoms with Crippen LogP contribution in [0, 0.1) is 12.8 Å². The topological polar surface area (TPSA) is 82.8 Å². The molecule has 8 nitrogen and oxygen atoms in total. The number of hydrogen-bond donors (Lipinski definition) is 0. The van der Waals surface area contributed by atoms with Crippen LogP contribution in [0.25, 0.3) is 0 Å². The number of carbonyl (C=O) groups is 2. The molecule has 0 aromatic carbocycles. The second kappa shape index (κ2) is 7.48. The van der Waals surface area contributed by atoms with E-state index in [-0.39, 0.29) is 17.7 Å². The Balaban J connectivity index is 1.23. The van der Waals surface area contributed by atoms with E-state index in [1.54, 1.807) is 24.1 Å². The lowest BCUT2D eigenvalue weighted by molar-refractivity contribution is -0.141. The van der Waals surface area contributed by atoms with Gasteiger partial charge in [0.05, 0.1) is 11.6 Å². The van der Waals surface area contributed by atoms with Gasteiger partial charge in [-0.05, 0) is 19.1 Å². The zero-order chi connectivity index (χ0) is 18.8. The van der Waals surface area contributed by atoms with Gasteiger partial charge in [0.2, 0.25) is 5.91 Å². The van der Waals surface area contributed by atoms with Crippen molar-refractivity contribution >= 4 is 11.8 Å². The van der Waals surface area contributed by atoms with Crippen molar-refractivity contribution in [2.45, 2.75) is 13.5 Å². The quantitative estimate of drug-likeness (QED) is 0.793. The van der Waals surface area contributed by atoms with Gasteiger partial charge in [0.1, 0.15) is 5.76 Å². The first-order valence-corrected chi connectivity index (χ1v) is 9.24. The van der Waals surface area contributed by atoms with Crippen LogP contribution in [0.1, 0.15) is 21.9 Å². The second-order valence-corrected chi connectivity index (χ2v) is 7.15. The molecule has 0 N–H and O–H groups in total. The van der Waals surface area contributed by atoms with Crippen LogP contribution in [0.4, 0.5) is 0 Å². The molecule has 0 spiro atoms. The molecule has 0 radical (unpaired) electrons. The lowest BCUT2D eigenvalue weighted by atomic mass is 9.97. The average Bonchev–Trinajstić information content (AvgIpc) is 3.08. The van der Waals surface area contributed by atoms with Crippen LogP contribution < -0.4 is 0 Å². The third kappa shape index (κ3) is 3.85. The summed E-state index contributed by atoms with van der Waals surface area (Å²) < 4.78 is 4.94. The molecule has 0 saturated carbocycles. The zero-order valence-electron chi connectivity index (χ0n) is 15.4. The number of pyridine rings is 1. The van der Waals surface area contributed by atoms with Crippen LogP contribution in [-0.4, -0.2) is 75.9 Å².